The Hall–Kier alpha value is -1.10. The molecule has 2 rings (SSSR count). The van der Waals surface area contributed by atoms with Gasteiger partial charge in [-0.3, -0.25) is 4.79 Å². The molecule has 5 heteroatoms. The molecule has 0 aromatic rings. The summed E-state index contributed by atoms with van der Waals surface area (Å²) in [7, 11) is 0. The van der Waals surface area contributed by atoms with Crippen molar-refractivity contribution < 1.29 is 19.8 Å². The minimum atomic E-state index is -1.10. The summed E-state index contributed by atoms with van der Waals surface area (Å²) < 4.78 is 0. The first kappa shape index (κ1) is 8.50. The molecule has 0 bridgehead atoms. The molecule has 2 fully saturated rings. The number of aliphatic carboxylic acids is 1. The van der Waals surface area contributed by atoms with Crippen LogP contribution in [0, 0.1) is 0 Å². The summed E-state index contributed by atoms with van der Waals surface area (Å²) in [4.78, 5) is 23.6. The summed E-state index contributed by atoms with van der Waals surface area (Å²) in [6.07, 6.45) is 0.117. The molecule has 13 heavy (non-hydrogen) atoms. The third-order valence-corrected chi connectivity index (χ3v) is 2.93. The Kier molecular flexibility index (Phi) is 1.60. The second-order valence-electron chi connectivity index (χ2n) is 3.70. The zero-order valence-corrected chi connectivity index (χ0v) is 7.06. The molecule has 1 amide bonds. The van der Waals surface area contributed by atoms with Crippen LogP contribution in [0.25, 0.3) is 0 Å². The topological polar surface area (TPSA) is 77.8 Å². The van der Waals surface area contributed by atoms with Crippen LogP contribution in [0.2, 0.25) is 0 Å². The maximum absolute atomic E-state index is 11.3. The van der Waals surface area contributed by atoms with Gasteiger partial charge >= 0.3 is 5.97 Å². The molecule has 72 valence electrons. The lowest BCUT2D eigenvalue weighted by molar-refractivity contribution is -0.151. The number of carbonyl (C=O) groups is 2. The van der Waals surface area contributed by atoms with Crippen LogP contribution in [-0.4, -0.2) is 45.2 Å². The fourth-order valence-corrected chi connectivity index (χ4v) is 2.29. The molecular weight excluding hydrogens is 174 g/mol. The van der Waals surface area contributed by atoms with Crippen molar-refractivity contribution in [3.8, 4) is 0 Å². The molecule has 2 atom stereocenters. The van der Waals surface area contributed by atoms with Crippen molar-refractivity contribution in [1.29, 1.82) is 0 Å². The van der Waals surface area contributed by atoms with Gasteiger partial charge in [-0.25, -0.2) is 4.79 Å². The van der Waals surface area contributed by atoms with Gasteiger partial charge in [0.2, 0.25) is 5.91 Å². The second-order valence-corrected chi connectivity index (χ2v) is 3.70. The Morgan fingerprint density at radius 3 is 2.85 bits per heavy atom. The number of fused-ring (bicyclic) bond motifs is 1. The number of carboxylic acids is 1. The minimum absolute atomic E-state index is 0.154. The Morgan fingerprint density at radius 1 is 1.62 bits per heavy atom. The van der Waals surface area contributed by atoms with E-state index in [-0.39, 0.29) is 18.9 Å². The van der Waals surface area contributed by atoms with Gasteiger partial charge in [0.05, 0.1) is 6.10 Å². The van der Waals surface area contributed by atoms with E-state index in [2.05, 4.69) is 0 Å². The molecule has 2 aliphatic rings. The number of β-amino-alcohol motifs (C(OH)–C–C–N with tert-alkyl or cyclic N) is 1. The highest BCUT2D eigenvalue weighted by Gasteiger charge is 2.56. The fourth-order valence-electron chi connectivity index (χ4n) is 2.29. The first-order valence-electron chi connectivity index (χ1n) is 4.28. The third kappa shape index (κ3) is 0.966. The smallest absolute Gasteiger partial charge is 0.329 e. The normalized spacial score (nSPS) is 38.1. The molecule has 0 aromatic carbocycles. The van der Waals surface area contributed by atoms with Crippen LogP contribution in [0.5, 0.6) is 0 Å². The quantitative estimate of drug-likeness (QED) is 0.560. The van der Waals surface area contributed by atoms with Crippen molar-refractivity contribution in [3.63, 3.8) is 0 Å². The van der Waals surface area contributed by atoms with Crippen molar-refractivity contribution in [2.24, 2.45) is 0 Å². The Balaban J connectivity index is 2.35. The van der Waals surface area contributed by atoms with E-state index >= 15 is 0 Å². The van der Waals surface area contributed by atoms with Crippen molar-refractivity contribution in [2.75, 3.05) is 6.54 Å². The van der Waals surface area contributed by atoms with Gasteiger partial charge in [0.25, 0.3) is 0 Å². The van der Waals surface area contributed by atoms with Crippen LogP contribution in [0.1, 0.15) is 19.3 Å². The van der Waals surface area contributed by atoms with Gasteiger partial charge < -0.3 is 15.1 Å². The molecule has 0 spiro atoms. The van der Waals surface area contributed by atoms with E-state index in [1.807, 2.05) is 0 Å². The highest BCUT2D eigenvalue weighted by atomic mass is 16.4. The van der Waals surface area contributed by atoms with E-state index < -0.39 is 17.6 Å². The number of rotatable bonds is 1. The summed E-state index contributed by atoms with van der Waals surface area (Å²) in [5, 5.41) is 18.3. The van der Waals surface area contributed by atoms with Gasteiger partial charge in [-0.2, -0.15) is 0 Å². The summed E-state index contributed by atoms with van der Waals surface area (Å²) in [6.45, 7) is 0.172. The van der Waals surface area contributed by atoms with Gasteiger partial charge in [0.1, 0.15) is 5.54 Å². The molecule has 2 saturated heterocycles. The summed E-state index contributed by atoms with van der Waals surface area (Å²) in [5.74, 6) is -1.14. The molecule has 0 unspecified atom stereocenters. The van der Waals surface area contributed by atoms with Gasteiger partial charge in [0, 0.05) is 19.4 Å². The number of carboxylic acid groups (broad SMARTS) is 1. The molecule has 0 aromatic heterocycles. The standard InChI is InChI=1S/C8H11NO4/c10-5-3-8(7(12)13)2-1-6(11)9(8)4-5/h5,10H,1-4H2,(H,12,13)/t5-,8-/m0/s1. The molecule has 2 N–H and O–H groups in total. The number of aliphatic hydroxyl groups excluding tert-OH is 1. The van der Waals surface area contributed by atoms with E-state index in [1.54, 1.807) is 0 Å². The van der Waals surface area contributed by atoms with Gasteiger partial charge in [-0.15, -0.1) is 0 Å². The zero-order valence-electron chi connectivity index (χ0n) is 7.06. The van der Waals surface area contributed by atoms with Crippen LogP contribution in [0.3, 0.4) is 0 Å². The average molecular weight is 185 g/mol. The van der Waals surface area contributed by atoms with Crippen molar-refractivity contribution in [3.05, 3.63) is 0 Å². The van der Waals surface area contributed by atoms with Gasteiger partial charge in [-0.1, -0.05) is 0 Å². The summed E-state index contributed by atoms with van der Waals surface area (Å²) in [6, 6.07) is 0. The number of aliphatic hydroxyl groups is 1. The molecule has 5 nitrogen and oxygen atoms in total. The SMILES string of the molecule is O=C1CC[C@@]2(C(=O)O)C[C@H](O)CN12. The monoisotopic (exact) mass is 185 g/mol. The molecule has 0 aliphatic carbocycles. The lowest BCUT2D eigenvalue weighted by Gasteiger charge is -2.26. The van der Waals surface area contributed by atoms with Crippen LogP contribution in [-0.2, 0) is 9.59 Å². The van der Waals surface area contributed by atoms with E-state index in [4.69, 9.17) is 5.11 Å². The number of hydrogen-bond acceptors (Lipinski definition) is 3. The predicted molar refractivity (Wildman–Crippen MR) is 41.9 cm³/mol. The van der Waals surface area contributed by atoms with Gasteiger partial charge in [0.15, 0.2) is 0 Å². The Labute approximate surface area is 75.0 Å². The van der Waals surface area contributed by atoms with Crippen LogP contribution in [0.4, 0.5) is 0 Å². The van der Waals surface area contributed by atoms with Crippen LogP contribution >= 0.6 is 0 Å². The molecule has 2 aliphatic heterocycles. The number of amides is 1. The summed E-state index contributed by atoms with van der Waals surface area (Å²) in [5.41, 5.74) is -1.10. The maximum atomic E-state index is 11.3. The van der Waals surface area contributed by atoms with E-state index in [0.717, 1.165) is 0 Å². The number of carbonyl (C=O) groups excluding carboxylic acids is 1. The third-order valence-electron chi connectivity index (χ3n) is 2.93. The minimum Gasteiger partial charge on any atom is -0.479 e. The number of nitrogens with zero attached hydrogens (tertiary/aromatic N) is 1. The maximum Gasteiger partial charge on any atom is 0.329 e. The van der Waals surface area contributed by atoms with E-state index in [9.17, 15) is 14.7 Å². The van der Waals surface area contributed by atoms with Gasteiger partial charge in [-0.05, 0) is 6.42 Å². The lowest BCUT2D eigenvalue weighted by atomic mass is 9.94. The van der Waals surface area contributed by atoms with Crippen LogP contribution in [0.15, 0.2) is 0 Å². The largest absolute Gasteiger partial charge is 0.479 e. The first-order valence-corrected chi connectivity index (χ1v) is 4.28. The Bertz CT molecular complexity index is 277. The molecular formula is C8H11NO4. The Morgan fingerprint density at radius 2 is 2.31 bits per heavy atom. The zero-order chi connectivity index (χ0) is 9.64. The first-order chi connectivity index (χ1) is 6.06. The highest BCUT2D eigenvalue weighted by Crippen LogP contribution is 2.39. The number of hydrogen-bond donors (Lipinski definition) is 2. The predicted octanol–water partition coefficient (Wildman–Crippen LogP) is -0.803. The molecule has 0 radical (unpaired) electrons. The second kappa shape index (κ2) is 2.45. The lowest BCUT2D eigenvalue weighted by Crippen LogP contribution is -2.47. The van der Waals surface area contributed by atoms with Crippen molar-refractivity contribution >= 4 is 11.9 Å². The molecule has 0 saturated carbocycles. The highest BCUT2D eigenvalue weighted by molar-refractivity contribution is 5.91. The summed E-state index contributed by atoms with van der Waals surface area (Å²) >= 11 is 0. The van der Waals surface area contributed by atoms with E-state index in [1.165, 1.54) is 4.90 Å². The van der Waals surface area contributed by atoms with Crippen LogP contribution < -0.4 is 0 Å². The van der Waals surface area contributed by atoms with Crippen molar-refractivity contribution in [1.82, 2.24) is 4.90 Å². The average Bonchev–Trinajstić information content (AvgIpc) is 2.51. The van der Waals surface area contributed by atoms with E-state index in [0.29, 0.717) is 12.8 Å². The molecule has 2 heterocycles. The van der Waals surface area contributed by atoms with Crippen molar-refractivity contribution in [2.45, 2.75) is 30.9 Å². The fraction of sp³-hybridized carbons (Fsp3) is 0.750.